The van der Waals surface area contributed by atoms with Crippen LogP contribution < -0.4 is 10.6 Å². The third-order valence-corrected chi connectivity index (χ3v) is 3.83. The van der Waals surface area contributed by atoms with Crippen LogP contribution in [0.25, 0.3) is 11.4 Å². The van der Waals surface area contributed by atoms with E-state index in [1.54, 1.807) is 24.3 Å². The van der Waals surface area contributed by atoms with Crippen LogP contribution in [0.3, 0.4) is 0 Å². The Morgan fingerprint density at radius 2 is 1.59 bits per heavy atom. The number of rotatable bonds is 6. The highest BCUT2D eigenvalue weighted by Gasteiger charge is 2.11. The number of carbonyl (C=O) groups is 2. The molecule has 0 atom stereocenters. The van der Waals surface area contributed by atoms with Gasteiger partial charge in [-0.05, 0) is 31.2 Å². The van der Waals surface area contributed by atoms with Gasteiger partial charge in [0.2, 0.25) is 23.5 Å². The Labute approximate surface area is 156 Å². The molecular weight excluding hydrogens is 344 g/mol. The number of amides is 2. The Balaban J connectivity index is 1.52. The van der Waals surface area contributed by atoms with E-state index in [4.69, 9.17) is 4.52 Å². The van der Waals surface area contributed by atoms with Crippen LogP contribution in [0.1, 0.15) is 24.8 Å². The van der Waals surface area contributed by atoms with Gasteiger partial charge in [0.1, 0.15) is 0 Å². The first kappa shape index (κ1) is 18.3. The van der Waals surface area contributed by atoms with Crippen LogP contribution in [0.4, 0.5) is 11.4 Å². The molecule has 2 amide bonds. The lowest BCUT2D eigenvalue weighted by Crippen LogP contribution is -2.12. The maximum absolute atomic E-state index is 12.1. The van der Waals surface area contributed by atoms with Crippen molar-refractivity contribution in [3.05, 3.63) is 60.0 Å². The summed E-state index contributed by atoms with van der Waals surface area (Å²) in [5, 5.41) is 9.43. The van der Waals surface area contributed by atoms with E-state index < -0.39 is 0 Å². The summed E-state index contributed by atoms with van der Waals surface area (Å²) < 4.78 is 5.22. The number of nitrogens with one attached hydrogen (secondary N) is 2. The number of aromatic nitrogens is 2. The van der Waals surface area contributed by atoms with Crippen LogP contribution in [0, 0.1) is 6.92 Å². The van der Waals surface area contributed by atoms with Crippen molar-refractivity contribution in [2.24, 2.45) is 0 Å². The van der Waals surface area contributed by atoms with E-state index in [9.17, 15) is 9.59 Å². The fourth-order valence-electron chi connectivity index (χ4n) is 2.46. The fraction of sp³-hybridized carbons (Fsp3) is 0.200. The summed E-state index contributed by atoms with van der Waals surface area (Å²) in [6.07, 6.45) is 0.581. The van der Waals surface area contributed by atoms with Crippen molar-refractivity contribution >= 4 is 23.2 Å². The maximum atomic E-state index is 12.1. The number of carbonyl (C=O) groups excluding carboxylic acids is 2. The zero-order chi connectivity index (χ0) is 19.2. The molecule has 0 spiro atoms. The minimum absolute atomic E-state index is 0.142. The number of aryl methyl sites for hydroxylation is 2. The lowest BCUT2D eigenvalue weighted by Gasteiger charge is -2.06. The van der Waals surface area contributed by atoms with Gasteiger partial charge < -0.3 is 15.2 Å². The molecule has 138 valence electrons. The molecular formula is C20H20N4O3. The summed E-state index contributed by atoms with van der Waals surface area (Å²) in [5.41, 5.74) is 3.36. The summed E-state index contributed by atoms with van der Waals surface area (Å²) in [6, 6.07) is 14.7. The van der Waals surface area contributed by atoms with E-state index in [0.29, 0.717) is 29.5 Å². The average Bonchev–Trinajstić information content (AvgIpc) is 3.11. The highest BCUT2D eigenvalue weighted by Crippen LogP contribution is 2.17. The predicted octanol–water partition coefficient (Wildman–Crippen LogP) is 3.57. The third-order valence-electron chi connectivity index (χ3n) is 3.83. The number of hydrogen-bond donors (Lipinski definition) is 2. The molecule has 0 bridgehead atoms. The molecule has 2 N–H and O–H groups in total. The number of anilines is 2. The zero-order valence-corrected chi connectivity index (χ0v) is 15.2. The molecule has 0 saturated carbocycles. The second-order valence-corrected chi connectivity index (χ2v) is 6.18. The summed E-state index contributed by atoms with van der Waals surface area (Å²) in [4.78, 5) is 27.4. The van der Waals surface area contributed by atoms with Gasteiger partial charge in [-0.3, -0.25) is 9.59 Å². The molecule has 0 aliphatic heterocycles. The molecule has 0 aliphatic carbocycles. The molecule has 0 fully saturated rings. The van der Waals surface area contributed by atoms with E-state index in [-0.39, 0.29) is 18.2 Å². The SMILES string of the molecule is CC(=O)Nc1ccc(NC(=O)CCc2nc(-c3ccc(C)cc3)no2)cc1. The van der Waals surface area contributed by atoms with Gasteiger partial charge in [0.05, 0.1) is 0 Å². The lowest BCUT2D eigenvalue weighted by atomic mass is 10.1. The minimum Gasteiger partial charge on any atom is -0.339 e. The van der Waals surface area contributed by atoms with E-state index in [2.05, 4.69) is 20.8 Å². The van der Waals surface area contributed by atoms with Gasteiger partial charge in [-0.1, -0.05) is 35.0 Å². The van der Waals surface area contributed by atoms with Crippen LogP contribution in [-0.4, -0.2) is 22.0 Å². The molecule has 1 heterocycles. The van der Waals surface area contributed by atoms with Gasteiger partial charge in [-0.2, -0.15) is 4.98 Å². The van der Waals surface area contributed by atoms with Gasteiger partial charge in [0, 0.05) is 36.7 Å². The Hall–Kier alpha value is -3.48. The van der Waals surface area contributed by atoms with E-state index >= 15 is 0 Å². The molecule has 0 unspecified atom stereocenters. The predicted molar refractivity (Wildman–Crippen MR) is 102 cm³/mol. The van der Waals surface area contributed by atoms with Crippen molar-refractivity contribution in [2.45, 2.75) is 26.7 Å². The number of benzene rings is 2. The van der Waals surface area contributed by atoms with Crippen LogP contribution in [-0.2, 0) is 16.0 Å². The van der Waals surface area contributed by atoms with Crippen LogP contribution in [0.15, 0.2) is 53.1 Å². The van der Waals surface area contributed by atoms with Crippen molar-refractivity contribution in [1.29, 1.82) is 0 Å². The topological polar surface area (TPSA) is 97.1 Å². The molecule has 0 radical (unpaired) electrons. The molecule has 27 heavy (non-hydrogen) atoms. The van der Waals surface area contributed by atoms with Gasteiger partial charge in [-0.25, -0.2) is 0 Å². The monoisotopic (exact) mass is 364 g/mol. The molecule has 7 nitrogen and oxygen atoms in total. The molecule has 3 aromatic rings. The minimum atomic E-state index is -0.155. The number of hydrogen-bond acceptors (Lipinski definition) is 5. The Morgan fingerprint density at radius 1 is 0.963 bits per heavy atom. The molecule has 7 heteroatoms. The van der Waals surface area contributed by atoms with Gasteiger partial charge in [0.25, 0.3) is 0 Å². The molecule has 2 aromatic carbocycles. The summed E-state index contributed by atoms with van der Waals surface area (Å²) in [5.74, 6) is 0.634. The quantitative estimate of drug-likeness (QED) is 0.697. The number of nitrogens with zero attached hydrogens (tertiary/aromatic N) is 2. The maximum Gasteiger partial charge on any atom is 0.227 e. The van der Waals surface area contributed by atoms with E-state index in [1.807, 2.05) is 31.2 Å². The smallest absolute Gasteiger partial charge is 0.227 e. The fourth-order valence-corrected chi connectivity index (χ4v) is 2.46. The standard InChI is InChI=1S/C20H20N4O3/c1-13-3-5-15(6-4-13)20-23-19(27-24-20)12-11-18(26)22-17-9-7-16(8-10-17)21-14(2)25/h3-10H,11-12H2,1-2H3,(H,21,25)(H,22,26). The first-order chi connectivity index (χ1) is 13.0. The lowest BCUT2D eigenvalue weighted by molar-refractivity contribution is -0.116. The van der Waals surface area contributed by atoms with Crippen molar-refractivity contribution < 1.29 is 14.1 Å². The largest absolute Gasteiger partial charge is 0.339 e. The van der Waals surface area contributed by atoms with Crippen LogP contribution in [0.2, 0.25) is 0 Å². The van der Waals surface area contributed by atoms with Crippen LogP contribution >= 0.6 is 0 Å². The van der Waals surface area contributed by atoms with E-state index in [1.165, 1.54) is 6.92 Å². The Bertz CT molecular complexity index is 931. The normalized spacial score (nSPS) is 10.4. The molecule has 1 aromatic heterocycles. The average molecular weight is 364 g/mol. The molecule has 0 saturated heterocycles. The Morgan fingerprint density at radius 3 is 2.22 bits per heavy atom. The first-order valence-electron chi connectivity index (χ1n) is 8.57. The van der Waals surface area contributed by atoms with Crippen molar-refractivity contribution in [3.63, 3.8) is 0 Å². The van der Waals surface area contributed by atoms with Gasteiger partial charge in [-0.15, -0.1) is 0 Å². The summed E-state index contributed by atoms with van der Waals surface area (Å²) in [7, 11) is 0. The third kappa shape index (κ3) is 5.24. The van der Waals surface area contributed by atoms with Crippen molar-refractivity contribution in [1.82, 2.24) is 10.1 Å². The molecule has 3 rings (SSSR count). The Kier molecular flexibility index (Phi) is 5.61. The molecule has 0 aliphatic rings. The van der Waals surface area contributed by atoms with Crippen molar-refractivity contribution in [2.75, 3.05) is 10.6 Å². The second kappa shape index (κ2) is 8.27. The second-order valence-electron chi connectivity index (χ2n) is 6.18. The van der Waals surface area contributed by atoms with Gasteiger partial charge in [0.15, 0.2) is 0 Å². The van der Waals surface area contributed by atoms with Crippen molar-refractivity contribution in [3.8, 4) is 11.4 Å². The summed E-state index contributed by atoms with van der Waals surface area (Å²) in [6.45, 7) is 3.45. The highest BCUT2D eigenvalue weighted by molar-refractivity contribution is 5.92. The van der Waals surface area contributed by atoms with E-state index in [0.717, 1.165) is 11.1 Å². The van der Waals surface area contributed by atoms with Gasteiger partial charge >= 0.3 is 0 Å². The zero-order valence-electron chi connectivity index (χ0n) is 15.2. The first-order valence-corrected chi connectivity index (χ1v) is 8.57. The highest BCUT2D eigenvalue weighted by atomic mass is 16.5. The summed E-state index contributed by atoms with van der Waals surface area (Å²) >= 11 is 0. The van der Waals surface area contributed by atoms with Crippen LogP contribution in [0.5, 0.6) is 0 Å².